The summed E-state index contributed by atoms with van der Waals surface area (Å²) in [6.07, 6.45) is 3.62. The molecule has 1 heterocycles. The van der Waals surface area contributed by atoms with Crippen LogP contribution in [-0.4, -0.2) is 24.8 Å². The number of esters is 1. The molecule has 0 bridgehead atoms. The Hall–Kier alpha value is -0.570. The number of carbonyl (C=O) groups excluding carboxylic acids is 1. The maximum absolute atomic E-state index is 11.0. The van der Waals surface area contributed by atoms with Crippen molar-refractivity contribution in [3.05, 3.63) is 0 Å². The minimum Gasteiger partial charge on any atom is -0.469 e. The Kier molecular flexibility index (Phi) is 3.31. The van der Waals surface area contributed by atoms with Crippen LogP contribution in [-0.2, 0) is 14.3 Å². The van der Waals surface area contributed by atoms with E-state index in [1.807, 2.05) is 0 Å². The third kappa shape index (κ3) is 3.35. The topological polar surface area (TPSA) is 35.5 Å². The van der Waals surface area contributed by atoms with Gasteiger partial charge in [0.25, 0.3) is 0 Å². The van der Waals surface area contributed by atoms with E-state index in [4.69, 9.17) is 4.74 Å². The summed E-state index contributed by atoms with van der Waals surface area (Å²) in [5.74, 6) is -0.178. The Morgan fingerprint density at radius 2 is 2.31 bits per heavy atom. The van der Waals surface area contributed by atoms with Crippen molar-refractivity contribution in [3.63, 3.8) is 0 Å². The van der Waals surface area contributed by atoms with Crippen molar-refractivity contribution in [2.45, 2.75) is 51.2 Å². The van der Waals surface area contributed by atoms with Gasteiger partial charge < -0.3 is 9.47 Å². The van der Waals surface area contributed by atoms with Crippen LogP contribution in [0.25, 0.3) is 0 Å². The van der Waals surface area contributed by atoms with E-state index in [1.165, 1.54) is 7.11 Å². The normalized spacial score (nSPS) is 26.8. The molecule has 1 aliphatic rings. The van der Waals surface area contributed by atoms with Gasteiger partial charge in [-0.15, -0.1) is 0 Å². The van der Waals surface area contributed by atoms with Gasteiger partial charge in [-0.3, -0.25) is 4.79 Å². The summed E-state index contributed by atoms with van der Waals surface area (Å²) in [5.41, 5.74) is -0.0725. The van der Waals surface area contributed by atoms with Crippen molar-refractivity contribution in [3.8, 4) is 0 Å². The van der Waals surface area contributed by atoms with E-state index in [2.05, 4.69) is 18.6 Å². The van der Waals surface area contributed by atoms with Crippen LogP contribution in [0.1, 0.15) is 39.5 Å². The lowest BCUT2D eigenvalue weighted by Gasteiger charge is -2.35. The maximum Gasteiger partial charge on any atom is 0.308 e. The van der Waals surface area contributed by atoms with Gasteiger partial charge in [0.15, 0.2) is 0 Å². The monoisotopic (exact) mass is 186 g/mol. The van der Waals surface area contributed by atoms with Crippen LogP contribution in [0.4, 0.5) is 0 Å². The van der Waals surface area contributed by atoms with E-state index in [0.29, 0.717) is 6.42 Å². The van der Waals surface area contributed by atoms with Crippen LogP contribution in [0.2, 0.25) is 0 Å². The Labute approximate surface area is 79.4 Å². The average molecular weight is 186 g/mol. The molecule has 0 radical (unpaired) electrons. The van der Waals surface area contributed by atoms with Crippen LogP contribution in [0, 0.1) is 0 Å². The zero-order valence-corrected chi connectivity index (χ0v) is 8.63. The highest BCUT2D eigenvalue weighted by Crippen LogP contribution is 2.29. The van der Waals surface area contributed by atoms with E-state index >= 15 is 0 Å². The molecular formula is C10H18O3. The smallest absolute Gasteiger partial charge is 0.308 e. The summed E-state index contributed by atoms with van der Waals surface area (Å²) >= 11 is 0. The molecule has 0 saturated carbocycles. The van der Waals surface area contributed by atoms with Gasteiger partial charge >= 0.3 is 5.97 Å². The molecule has 0 aromatic rings. The predicted molar refractivity (Wildman–Crippen MR) is 49.4 cm³/mol. The van der Waals surface area contributed by atoms with Gasteiger partial charge in [-0.2, -0.15) is 0 Å². The zero-order chi connectivity index (χ0) is 9.90. The second-order valence-corrected chi connectivity index (χ2v) is 4.17. The fourth-order valence-corrected chi connectivity index (χ4v) is 1.74. The molecule has 1 aliphatic heterocycles. The van der Waals surface area contributed by atoms with E-state index in [0.717, 1.165) is 19.3 Å². The van der Waals surface area contributed by atoms with Crippen LogP contribution in [0.3, 0.4) is 0 Å². The first-order valence-electron chi connectivity index (χ1n) is 4.78. The van der Waals surface area contributed by atoms with Gasteiger partial charge in [-0.05, 0) is 33.1 Å². The first kappa shape index (κ1) is 10.5. The van der Waals surface area contributed by atoms with Gasteiger partial charge in [0.05, 0.1) is 25.2 Å². The molecule has 0 aliphatic carbocycles. The molecule has 1 saturated heterocycles. The van der Waals surface area contributed by atoms with Crippen molar-refractivity contribution in [1.29, 1.82) is 0 Å². The first-order valence-corrected chi connectivity index (χ1v) is 4.78. The summed E-state index contributed by atoms with van der Waals surface area (Å²) in [6, 6.07) is 0. The molecule has 0 spiro atoms. The van der Waals surface area contributed by atoms with Gasteiger partial charge in [0, 0.05) is 0 Å². The molecule has 0 unspecified atom stereocenters. The van der Waals surface area contributed by atoms with Crippen molar-refractivity contribution >= 4 is 5.97 Å². The fraction of sp³-hybridized carbons (Fsp3) is 0.900. The molecule has 76 valence electrons. The quantitative estimate of drug-likeness (QED) is 0.618. The largest absolute Gasteiger partial charge is 0.469 e. The Morgan fingerprint density at radius 1 is 1.62 bits per heavy atom. The van der Waals surface area contributed by atoms with Gasteiger partial charge in [0.1, 0.15) is 0 Å². The minimum atomic E-state index is -0.178. The third-order valence-corrected chi connectivity index (χ3v) is 2.41. The first-order chi connectivity index (χ1) is 6.03. The second kappa shape index (κ2) is 4.09. The van der Waals surface area contributed by atoms with Crippen LogP contribution in [0.5, 0.6) is 0 Å². The van der Waals surface area contributed by atoms with Crippen LogP contribution >= 0.6 is 0 Å². The van der Waals surface area contributed by atoms with E-state index in [-0.39, 0.29) is 17.7 Å². The summed E-state index contributed by atoms with van der Waals surface area (Å²) in [7, 11) is 1.41. The SMILES string of the molecule is COC(=O)C[C@@H]1CCCC(C)(C)O1. The predicted octanol–water partition coefficient (Wildman–Crippen LogP) is 1.90. The molecule has 13 heavy (non-hydrogen) atoms. The Balaban J connectivity index is 2.39. The zero-order valence-electron chi connectivity index (χ0n) is 8.63. The van der Waals surface area contributed by atoms with E-state index in [1.54, 1.807) is 0 Å². The lowest BCUT2D eigenvalue weighted by Crippen LogP contribution is -2.36. The maximum atomic E-state index is 11.0. The summed E-state index contributed by atoms with van der Waals surface area (Å²) < 4.78 is 10.3. The van der Waals surface area contributed by atoms with Crippen molar-refractivity contribution in [1.82, 2.24) is 0 Å². The Morgan fingerprint density at radius 3 is 2.85 bits per heavy atom. The number of methoxy groups -OCH3 is 1. The minimum absolute atomic E-state index is 0.0520. The van der Waals surface area contributed by atoms with Gasteiger partial charge in [-0.25, -0.2) is 0 Å². The molecule has 1 fully saturated rings. The number of ether oxygens (including phenoxy) is 2. The summed E-state index contributed by atoms with van der Waals surface area (Å²) in [6.45, 7) is 4.13. The molecule has 0 aromatic carbocycles. The van der Waals surface area contributed by atoms with E-state index < -0.39 is 0 Å². The van der Waals surface area contributed by atoms with Crippen LogP contribution < -0.4 is 0 Å². The molecule has 0 aromatic heterocycles. The fourth-order valence-electron chi connectivity index (χ4n) is 1.74. The van der Waals surface area contributed by atoms with Crippen molar-refractivity contribution in [2.24, 2.45) is 0 Å². The second-order valence-electron chi connectivity index (χ2n) is 4.17. The number of carbonyl (C=O) groups is 1. The molecule has 0 N–H and O–H groups in total. The lowest BCUT2D eigenvalue weighted by atomic mass is 9.94. The van der Waals surface area contributed by atoms with Crippen molar-refractivity contribution < 1.29 is 14.3 Å². The summed E-state index contributed by atoms with van der Waals surface area (Å²) in [4.78, 5) is 11.0. The number of hydrogen-bond acceptors (Lipinski definition) is 3. The number of hydrogen-bond donors (Lipinski definition) is 0. The molecular weight excluding hydrogens is 168 g/mol. The number of rotatable bonds is 2. The lowest BCUT2D eigenvalue weighted by molar-refractivity contribution is -0.152. The molecule has 3 heteroatoms. The molecule has 0 amide bonds. The highest BCUT2D eigenvalue weighted by molar-refractivity contribution is 5.69. The van der Waals surface area contributed by atoms with Gasteiger partial charge in [-0.1, -0.05) is 0 Å². The molecule has 3 nitrogen and oxygen atoms in total. The molecule has 1 atom stereocenters. The van der Waals surface area contributed by atoms with Crippen LogP contribution in [0.15, 0.2) is 0 Å². The van der Waals surface area contributed by atoms with Gasteiger partial charge in [0.2, 0.25) is 0 Å². The third-order valence-electron chi connectivity index (χ3n) is 2.41. The molecule has 1 rings (SSSR count). The summed E-state index contributed by atoms with van der Waals surface area (Å²) in [5, 5.41) is 0. The Bertz CT molecular complexity index is 187. The van der Waals surface area contributed by atoms with Crippen molar-refractivity contribution in [2.75, 3.05) is 7.11 Å². The highest BCUT2D eigenvalue weighted by Gasteiger charge is 2.29. The van der Waals surface area contributed by atoms with E-state index in [9.17, 15) is 4.79 Å². The highest BCUT2D eigenvalue weighted by atomic mass is 16.5. The average Bonchev–Trinajstić information content (AvgIpc) is 2.02. The standard InChI is InChI=1S/C10H18O3/c1-10(2)6-4-5-8(13-10)7-9(11)12-3/h8H,4-7H2,1-3H3/t8-/m0/s1.